The molecule has 0 aliphatic carbocycles. The van der Waals surface area contributed by atoms with Crippen molar-refractivity contribution in [1.82, 2.24) is 4.90 Å². The highest BCUT2D eigenvalue weighted by molar-refractivity contribution is 5.98. The lowest BCUT2D eigenvalue weighted by atomic mass is 9.92. The Morgan fingerprint density at radius 3 is 2.88 bits per heavy atom. The number of rotatable bonds is 0. The van der Waals surface area contributed by atoms with Gasteiger partial charge in [-0.2, -0.15) is 0 Å². The summed E-state index contributed by atoms with van der Waals surface area (Å²) in [6.07, 6.45) is 1.02. The second-order valence-corrected chi connectivity index (χ2v) is 4.94. The number of anilines is 2. The Balaban J connectivity index is 1.93. The van der Waals surface area contributed by atoms with E-state index >= 15 is 0 Å². The van der Waals surface area contributed by atoms with Crippen LogP contribution in [0.25, 0.3) is 0 Å². The number of carbonyl (C=O) groups is 1. The summed E-state index contributed by atoms with van der Waals surface area (Å²) in [6, 6.07) is 8.17. The quantitative estimate of drug-likeness (QED) is 0.709. The Labute approximate surface area is 101 Å². The standard InChI is InChI=1S/C13H17N3O/c1-16-7-6-10-9(8-16)13(17)15-12-5-3-2-4-11(12)14-10/h2-5,9-10,14H,6-8H2,1H3,(H,15,17). The van der Waals surface area contributed by atoms with Gasteiger partial charge in [0.15, 0.2) is 0 Å². The normalized spacial score (nSPS) is 28.4. The van der Waals surface area contributed by atoms with Gasteiger partial charge < -0.3 is 15.5 Å². The number of piperidine rings is 1. The van der Waals surface area contributed by atoms with Crippen molar-refractivity contribution in [3.05, 3.63) is 24.3 Å². The zero-order valence-corrected chi connectivity index (χ0v) is 9.94. The maximum atomic E-state index is 12.2. The summed E-state index contributed by atoms with van der Waals surface area (Å²) in [5.74, 6) is 0.181. The van der Waals surface area contributed by atoms with Crippen molar-refractivity contribution in [2.24, 2.45) is 5.92 Å². The molecule has 0 saturated carbocycles. The summed E-state index contributed by atoms with van der Waals surface area (Å²) < 4.78 is 0. The van der Waals surface area contributed by atoms with Crippen LogP contribution in [0.4, 0.5) is 11.4 Å². The summed E-state index contributed by atoms with van der Waals surface area (Å²) in [5, 5.41) is 6.52. The lowest BCUT2D eigenvalue weighted by molar-refractivity contribution is -0.121. The van der Waals surface area contributed by atoms with Gasteiger partial charge in [0.1, 0.15) is 0 Å². The van der Waals surface area contributed by atoms with E-state index in [4.69, 9.17) is 0 Å². The Kier molecular flexibility index (Phi) is 2.52. The summed E-state index contributed by atoms with van der Waals surface area (Å²) in [5.41, 5.74) is 1.94. The molecule has 4 heteroatoms. The van der Waals surface area contributed by atoms with Crippen molar-refractivity contribution in [1.29, 1.82) is 0 Å². The van der Waals surface area contributed by atoms with Crippen LogP contribution in [0.5, 0.6) is 0 Å². The number of amides is 1. The monoisotopic (exact) mass is 231 g/mol. The molecule has 2 N–H and O–H groups in total. The number of benzene rings is 1. The molecule has 0 aromatic heterocycles. The van der Waals surface area contributed by atoms with Crippen LogP contribution in [0.3, 0.4) is 0 Å². The van der Waals surface area contributed by atoms with Gasteiger partial charge in [0.25, 0.3) is 0 Å². The number of nitrogens with one attached hydrogen (secondary N) is 2. The Bertz CT molecular complexity index is 446. The summed E-state index contributed by atoms with van der Waals surface area (Å²) >= 11 is 0. The van der Waals surface area contributed by atoms with Crippen LogP contribution < -0.4 is 10.6 Å². The average molecular weight is 231 g/mol. The maximum absolute atomic E-state index is 12.2. The third-order valence-electron chi connectivity index (χ3n) is 3.68. The molecular formula is C13H17N3O. The van der Waals surface area contributed by atoms with E-state index in [-0.39, 0.29) is 17.9 Å². The second-order valence-electron chi connectivity index (χ2n) is 4.94. The molecule has 2 heterocycles. The molecule has 1 aromatic carbocycles. The molecule has 2 aliphatic rings. The number of carbonyl (C=O) groups excluding carboxylic acids is 1. The molecule has 17 heavy (non-hydrogen) atoms. The molecule has 1 aromatic rings. The smallest absolute Gasteiger partial charge is 0.230 e. The van der Waals surface area contributed by atoms with E-state index in [1.54, 1.807) is 0 Å². The van der Waals surface area contributed by atoms with Gasteiger partial charge in [-0.05, 0) is 32.1 Å². The maximum Gasteiger partial charge on any atom is 0.230 e. The largest absolute Gasteiger partial charge is 0.380 e. The number of hydrogen-bond donors (Lipinski definition) is 2. The highest BCUT2D eigenvalue weighted by atomic mass is 16.2. The van der Waals surface area contributed by atoms with Gasteiger partial charge in [-0.1, -0.05) is 12.1 Å². The molecule has 0 radical (unpaired) electrons. The molecular weight excluding hydrogens is 214 g/mol. The van der Waals surface area contributed by atoms with Crippen molar-refractivity contribution >= 4 is 17.3 Å². The minimum atomic E-state index is 0.0427. The molecule has 1 saturated heterocycles. The molecule has 4 nitrogen and oxygen atoms in total. The molecule has 2 unspecified atom stereocenters. The first-order valence-electron chi connectivity index (χ1n) is 6.09. The number of hydrogen-bond acceptors (Lipinski definition) is 3. The predicted octanol–water partition coefficient (Wildman–Crippen LogP) is 1.37. The van der Waals surface area contributed by atoms with E-state index < -0.39 is 0 Å². The second kappa shape index (κ2) is 4.04. The number of fused-ring (bicyclic) bond motifs is 2. The summed E-state index contributed by atoms with van der Waals surface area (Å²) in [4.78, 5) is 14.4. The van der Waals surface area contributed by atoms with E-state index in [1.165, 1.54) is 0 Å². The minimum absolute atomic E-state index is 0.0427. The van der Waals surface area contributed by atoms with Gasteiger partial charge in [0, 0.05) is 12.6 Å². The van der Waals surface area contributed by atoms with Crippen LogP contribution >= 0.6 is 0 Å². The van der Waals surface area contributed by atoms with Crippen LogP contribution in [0.15, 0.2) is 24.3 Å². The molecule has 1 amide bonds. The number of nitrogens with zero attached hydrogens (tertiary/aromatic N) is 1. The zero-order chi connectivity index (χ0) is 11.8. The third-order valence-corrected chi connectivity index (χ3v) is 3.68. The Morgan fingerprint density at radius 1 is 1.29 bits per heavy atom. The first-order chi connectivity index (χ1) is 8.24. The summed E-state index contributed by atoms with van der Waals surface area (Å²) in [7, 11) is 2.07. The van der Waals surface area contributed by atoms with E-state index in [2.05, 4.69) is 22.6 Å². The molecule has 0 spiro atoms. The van der Waals surface area contributed by atoms with Gasteiger partial charge in [0.2, 0.25) is 5.91 Å². The van der Waals surface area contributed by atoms with Gasteiger partial charge in [-0.25, -0.2) is 0 Å². The van der Waals surface area contributed by atoms with Crippen molar-refractivity contribution in [2.75, 3.05) is 30.8 Å². The topological polar surface area (TPSA) is 44.4 Å². The lowest BCUT2D eigenvalue weighted by Crippen LogP contribution is -2.48. The molecule has 1 fully saturated rings. The number of likely N-dealkylation sites (tertiary alicyclic amines) is 1. The van der Waals surface area contributed by atoms with Crippen molar-refractivity contribution in [2.45, 2.75) is 12.5 Å². The van der Waals surface area contributed by atoms with E-state index in [9.17, 15) is 4.79 Å². The number of para-hydroxylation sites is 2. The van der Waals surface area contributed by atoms with Gasteiger partial charge in [-0.15, -0.1) is 0 Å². The van der Waals surface area contributed by atoms with Crippen LogP contribution in [0.2, 0.25) is 0 Å². The third kappa shape index (κ3) is 1.89. The fourth-order valence-corrected chi connectivity index (χ4v) is 2.70. The average Bonchev–Trinajstić information content (AvgIpc) is 2.46. The highest BCUT2D eigenvalue weighted by Crippen LogP contribution is 2.30. The fraction of sp³-hybridized carbons (Fsp3) is 0.462. The highest BCUT2D eigenvalue weighted by Gasteiger charge is 2.35. The first kappa shape index (κ1) is 10.6. The van der Waals surface area contributed by atoms with Crippen molar-refractivity contribution in [3.8, 4) is 0 Å². The van der Waals surface area contributed by atoms with Gasteiger partial charge >= 0.3 is 0 Å². The van der Waals surface area contributed by atoms with Crippen LogP contribution in [0.1, 0.15) is 6.42 Å². The van der Waals surface area contributed by atoms with Crippen molar-refractivity contribution < 1.29 is 4.79 Å². The molecule has 90 valence electrons. The Morgan fingerprint density at radius 2 is 2.06 bits per heavy atom. The van der Waals surface area contributed by atoms with Crippen LogP contribution in [-0.4, -0.2) is 37.0 Å². The van der Waals surface area contributed by atoms with Crippen molar-refractivity contribution in [3.63, 3.8) is 0 Å². The SMILES string of the molecule is CN1CCC2Nc3ccccc3NC(=O)C2C1. The molecule has 3 rings (SSSR count). The van der Waals surface area contributed by atoms with E-state index in [1.807, 2.05) is 24.3 Å². The molecule has 2 aliphatic heterocycles. The predicted molar refractivity (Wildman–Crippen MR) is 68.1 cm³/mol. The lowest BCUT2D eigenvalue weighted by Gasteiger charge is -2.34. The van der Waals surface area contributed by atoms with Crippen LogP contribution in [-0.2, 0) is 4.79 Å². The molecule has 2 atom stereocenters. The van der Waals surface area contributed by atoms with Gasteiger partial charge in [-0.3, -0.25) is 4.79 Å². The Hall–Kier alpha value is -1.55. The van der Waals surface area contributed by atoms with E-state index in [0.717, 1.165) is 30.9 Å². The van der Waals surface area contributed by atoms with Crippen LogP contribution in [0, 0.1) is 5.92 Å². The molecule has 0 bridgehead atoms. The van der Waals surface area contributed by atoms with Gasteiger partial charge in [0.05, 0.1) is 17.3 Å². The van der Waals surface area contributed by atoms with E-state index in [0.29, 0.717) is 0 Å². The summed E-state index contributed by atoms with van der Waals surface area (Å²) in [6.45, 7) is 1.88. The fourth-order valence-electron chi connectivity index (χ4n) is 2.70. The minimum Gasteiger partial charge on any atom is -0.380 e. The zero-order valence-electron chi connectivity index (χ0n) is 9.94. The first-order valence-corrected chi connectivity index (χ1v) is 6.09.